The van der Waals surface area contributed by atoms with Crippen molar-refractivity contribution in [3.63, 3.8) is 0 Å². The smallest absolute Gasteiger partial charge is 0.291 e. The molecule has 2 heterocycles. The Morgan fingerprint density at radius 3 is 2.58 bits per heavy atom. The van der Waals surface area contributed by atoms with Crippen LogP contribution >= 0.6 is 33.9 Å². The third-order valence-electron chi connectivity index (χ3n) is 3.23. The second-order valence-corrected chi connectivity index (χ2v) is 7.20. The van der Waals surface area contributed by atoms with Gasteiger partial charge in [-0.15, -0.1) is 11.3 Å². The SMILES string of the molecule is Cc1cc(NC(=O)c2ccco2)sc1C(=O)Nc1ccccc1I. The zero-order valence-corrected chi connectivity index (χ0v) is 15.6. The lowest BCUT2D eigenvalue weighted by molar-refractivity contribution is 0.0995. The molecule has 2 amide bonds. The molecule has 0 spiro atoms. The maximum Gasteiger partial charge on any atom is 0.291 e. The number of thiophene rings is 1. The number of benzene rings is 1. The van der Waals surface area contributed by atoms with Crippen LogP contribution in [0.15, 0.2) is 53.1 Å². The van der Waals surface area contributed by atoms with Crippen LogP contribution in [0, 0.1) is 10.5 Å². The molecule has 0 atom stereocenters. The van der Waals surface area contributed by atoms with E-state index in [-0.39, 0.29) is 17.6 Å². The summed E-state index contributed by atoms with van der Waals surface area (Å²) in [5.74, 6) is -0.308. The summed E-state index contributed by atoms with van der Waals surface area (Å²) in [6.07, 6.45) is 1.44. The van der Waals surface area contributed by atoms with E-state index in [9.17, 15) is 9.59 Å². The molecule has 122 valence electrons. The fourth-order valence-corrected chi connectivity index (χ4v) is 3.58. The van der Waals surface area contributed by atoms with Gasteiger partial charge in [-0.05, 0) is 65.4 Å². The van der Waals surface area contributed by atoms with Gasteiger partial charge in [-0.25, -0.2) is 0 Å². The summed E-state index contributed by atoms with van der Waals surface area (Å²) in [5.41, 5.74) is 1.57. The van der Waals surface area contributed by atoms with Crippen molar-refractivity contribution in [2.24, 2.45) is 0 Å². The summed E-state index contributed by atoms with van der Waals surface area (Å²) in [5, 5.41) is 6.23. The lowest BCUT2D eigenvalue weighted by atomic mass is 10.2. The minimum Gasteiger partial charge on any atom is -0.459 e. The van der Waals surface area contributed by atoms with Crippen LogP contribution in [0.5, 0.6) is 0 Å². The first-order valence-corrected chi connectivity index (χ1v) is 8.95. The third kappa shape index (κ3) is 3.68. The fraction of sp³-hybridized carbons (Fsp3) is 0.0588. The predicted molar refractivity (Wildman–Crippen MR) is 103 cm³/mol. The van der Waals surface area contributed by atoms with Crippen molar-refractivity contribution in [3.8, 4) is 0 Å². The Morgan fingerprint density at radius 2 is 1.88 bits per heavy atom. The average molecular weight is 452 g/mol. The van der Waals surface area contributed by atoms with Gasteiger partial charge in [0.1, 0.15) is 0 Å². The Bertz CT molecular complexity index is 887. The molecule has 5 nitrogen and oxygen atoms in total. The zero-order chi connectivity index (χ0) is 17.1. The normalized spacial score (nSPS) is 10.4. The van der Waals surface area contributed by atoms with E-state index in [4.69, 9.17) is 4.42 Å². The number of hydrogen-bond donors (Lipinski definition) is 2. The highest BCUT2D eigenvalue weighted by Crippen LogP contribution is 2.28. The number of carbonyl (C=O) groups is 2. The number of nitrogens with one attached hydrogen (secondary N) is 2. The van der Waals surface area contributed by atoms with Crippen molar-refractivity contribution in [1.82, 2.24) is 0 Å². The highest BCUT2D eigenvalue weighted by atomic mass is 127. The van der Waals surface area contributed by atoms with Gasteiger partial charge in [-0.3, -0.25) is 9.59 Å². The molecule has 0 fully saturated rings. The number of hydrogen-bond acceptors (Lipinski definition) is 4. The summed E-state index contributed by atoms with van der Waals surface area (Å²) >= 11 is 3.40. The van der Waals surface area contributed by atoms with E-state index in [0.29, 0.717) is 9.88 Å². The molecular weight excluding hydrogens is 439 g/mol. The molecule has 0 aliphatic heterocycles. The topological polar surface area (TPSA) is 71.3 Å². The molecule has 0 aliphatic carbocycles. The number of rotatable bonds is 4. The van der Waals surface area contributed by atoms with Crippen molar-refractivity contribution < 1.29 is 14.0 Å². The minimum atomic E-state index is -0.342. The van der Waals surface area contributed by atoms with Gasteiger partial charge >= 0.3 is 0 Å². The summed E-state index contributed by atoms with van der Waals surface area (Å²) in [4.78, 5) is 25.0. The molecule has 3 rings (SSSR count). The number of anilines is 2. The molecule has 3 aromatic rings. The minimum absolute atomic E-state index is 0.194. The van der Waals surface area contributed by atoms with E-state index in [2.05, 4.69) is 33.2 Å². The van der Waals surface area contributed by atoms with Gasteiger partial charge in [-0.1, -0.05) is 12.1 Å². The molecule has 0 bridgehead atoms. The van der Waals surface area contributed by atoms with Crippen LogP contribution in [0.25, 0.3) is 0 Å². The Balaban J connectivity index is 1.75. The first kappa shape index (κ1) is 16.7. The second-order valence-electron chi connectivity index (χ2n) is 4.99. The van der Waals surface area contributed by atoms with Crippen LogP contribution in [-0.2, 0) is 0 Å². The van der Waals surface area contributed by atoms with Gasteiger partial charge < -0.3 is 15.1 Å². The van der Waals surface area contributed by atoms with E-state index in [1.807, 2.05) is 31.2 Å². The van der Waals surface area contributed by atoms with E-state index in [1.165, 1.54) is 17.6 Å². The van der Waals surface area contributed by atoms with Crippen LogP contribution in [-0.4, -0.2) is 11.8 Å². The van der Waals surface area contributed by atoms with Crippen LogP contribution < -0.4 is 10.6 Å². The number of furan rings is 1. The van der Waals surface area contributed by atoms with Crippen molar-refractivity contribution >= 4 is 56.4 Å². The summed E-state index contributed by atoms with van der Waals surface area (Å²) in [6.45, 7) is 1.84. The molecule has 24 heavy (non-hydrogen) atoms. The van der Waals surface area contributed by atoms with Gasteiger partial charge in [-0.2, -0.15) is 0 Å². The number of para-hydroxylation sites is 1. The summed E-state index contributed by atoms with van der Waals surface area (Å²) < 4.78 is 6.02. The van der Waals surface area contributed by atoms with Gasteiger partial charge in [0.25, 0.3) is 11.8 Å². The van der Waals surface area contributed by atoms with E-state index >= 15 is 0 Å². The maximum atomic E-state index is 12.5. The van der Waals surface area contributed by atoms with Crippen LogP contribution in [0.3, 0.4) is 0 Å². The molecule has 2 N–H and O–H groups in total. The standard InChI is InChI=1S/C17H13IN2O3S/c1-10-9-14(20-16(21)13-7-4-8-23-13)24-15(10)17(22)19-12-6-3-2-5-11(12)18/h2-9H,1H3,(H,19,22)(H,20,21). The van der Waals surface area contributed by atoms with Gasteiger partial charge in [0.15, 0.2) is 5.76 Å². The summed E-state index contributed by atoms with van der Waals surface area (Å²) in [7, 11) is 0. The predicted octanol–water partition coefficient (Wildman–Crippen LogP) is 4.76. The lowest BCUT2D eigenvalue weighted by Crippen LogP contribution is -2.12. The molecule has 7 heteroatoms. The second kappa shape index (κ2) is 7.18. The maximum absolute atomic E-state index is 12.5. The highest BCUT2D eigenvalue weighted by Gasteiger charge is 2.17. The Kier molecular flexibility index (Phi) is 5.00. The number of amides is 2. The van der Waals surface area contributed by atoms with E-state index in [1.54, 1.807) is 18.2 Å². The first-order chi connectivity index (χ1) is 11.5. The molecule has 0 saturated carbocycles. The van der Waals surface area contributed by atoms with Crippen LogP contribution in [0.4, 0.5) is 10.7 Å². The lowest BCUT2D eigenvalue weighted by Gasteiger charge is -2.06. The molecule has 0 saturated heterocycles. The van der Waals surface area contributed by atoms with E-state index < -0.39 is 0 Å². The third-order valence-corrected chi connectivity index (χ3v) is 5.32. The van der Waals surface area contributed by atoms with Crippen molar-refractivity contribution in [3.05, 3.63) is 68.5 Å². The van der Waals surface area contributed by atoms with Crippen molar-refractivity contribution in [2.75, 3.05) is 10.6 Å². The van der Waals surface area contributed by atoms with Crippen molar-refractivity contribution in [1.29, 1.82) is 0 Å². The van der Waals surface area contributed by atoms with Gasteiger partial charge in [0, 0.05) is 3.57 Å². The Labute approximate surface area is 156 Å². The monoisotopic (exact) mass is 452 g/mol. The van der Waals surface area contributed by atoms with E-state index in [0.717, 1.165) is 14.8 Å². The quantitative estimate of drug-likeness (QED) is 0.561. The number of carbonyl (C=O) groups excluding carboxylic acids is 2. The zero-order valence-electron chi connectivity index (χ0n) is 12.6. The van der Waals surface area contributed by atoms with Crippen LogP contribution in [0.2, 0.25) is 0 Å². The molecular formula is C17H13IN2O3S. The number of aryl methyl sites for hydroxylation is 1. The summed E-state index contributed by atoms with van der Waals surface area (Å²) in [6, 6.07) is 12.6. The average Bonchev–Trinajstić information content (AvgIpc) is 3.19. The molecule has 0 unspecified atom stereocenters. The first-order valence-electron chi connectivity index (χ1n) is 7.06. The highest BCUT2D eigenvalue weighted by molar-refractivity contribution is 14.1. The molecule has 0 radical (unpaired) electrons. The van der Waals surface area contributed by atoms with Gasteiger partial charge in [0.2, 0.25) is 0 Å². The Hall–Kier alpha value is -2.13. The Morgan fingerprint density at radius 1 is 1.08 bits per heavy atom. The largest absolute Gasteiger partial charge is 0.459 e. The number of halogens is 1. The van der Waals surface area contributed by atoms with Gasteiger partial charge in [0.05, 0.1) is 21.8 Å². The fourth-order valence-electron chi connectivity index (χ4n) is 2.09. The van der Waals surface area contributed by atoms with Crippen LogP contribution in [0.1, 0.15) is 25.8 Å². The molecule has 1 aromatic carbocycles. The molecule has 2 aromatic heterocycles. The molecule has 0 aliphatic rings. The van der Waals surface area contributed by atoms with Crippen molar-refractivity contribution in [2.45, 2.75) is 6.92 Å².